The quantitative estimate of drug-likeness (QED) is 0.320. The largest absolute Gasteiger partial charge is 0.484 e. The first-order valence-electron chi connectivity index (χ1n) is 8.83. The monoisotopic (exact) mass is 517 g/mol. The SMILES string of the molecule is CCNC(=NCc1cccc(OCC(=O)N(C)C)c1)NCc1ncc(C)s1.I. The lowest BCUT2D eigenvalue weighted by Gasteiger charge is -2.12. The molecule has 0 aliphatic heterocycles. The van der Waals surface area contributed by atoms with E-state index in [0.717, 1.165) is 23.1 Å². The summed E-state index contributed by atoms with van der Waals surface area (Å²) in [7, 11) is 3.41. The number of benzene rings is 1. The molecule has 0 saturated heterocycles. The highest BCUT2D eigenvalue weighted by molar-refractivity contribution is 14.0. The van der Waals surface area contributed by atoms with Crippen molar-refractivity contribution in [2.24, 2.45) is 4.99 Å². The van der Waals surface area contributed by atoms with Crippen LogP contribution < -0.4 is 15.4 Å². The van der Waals surface area contributed by atoms with Crippen molar-refractivity contribution < 1.29 is 9.53 Å². The average Bonchev–Trinajstić information content (AvgIpc) is 3.07. The zero-order valence-corrected chi connectivity index (χ0v) is 19.8. The first-order chi connectivity index (χ1) is 13.0. The van der Waals surface area contributed by atoms with Crippen LogP contribution in [0, 0.1) is 6.92 Å². The van der Waals surface area contributed by atoms with Gasteiger partial charge in [-0.3, -0.25) is 4.79 Å². The maximum atomic E-state index is 11.6. The number of amides is 1. The van der Waals surface area contributed by atoms with E-state index in [2.05, 4.69) is 20.6 Å². The molecule has 0 atom stereocenters. The van der Waals surface area contributed by atoms with Crippen LogP contribution in [0.15, 0.2) is 35.5 Å². The molecule has 0 aliphatic rings. The minimum atomic E-state index is -0.0746. The molecule has 1 heterocycles. The fourth-order valence-corrected chi connectivity index (χ4v) is 2.89. The van der Waals surface area contributed by atoms with Crippen LogP contribution in [0.4, 0.5) is 0 Å². The molecule has 7 nitrogen and oxygen atoms in total. The van der Waals surface area contributed by atoms with E-state index in [0.29, 0.717) is 18.8 Å². The number of nitrogens with one attached hydrogen (secondary N) is 2. The van der Waals surface area contributed by atoms with Crippen LogP contribution in [-0.4, -0.2) is 49.0 Å². The Morgan fingerprint density at radius 3 is 2.75 bits per heavy atom. The molecular weight excluding hydrogens is 489 g/mol. The molecule has 0 radical (unpaired) electrons. The average molecular weight is 517 g/mol. The van der Waals surface area contributed by atoms with Crippen molar-refractivity contribution in [1.82, 2.24) is 20.5 Å². The van der Waals surface area contributed by atoms with Crippen LogP contribution in [-0.2, 0) is 17.9 Å². The van der Waals surface area contributed by atoms with Crippen molar-refractivity contribution >= 4 is 47.2 Å². The summed E-state index contributed by atoms with van der Waals surface area (Å²) >= 11 is 1.67. The summed E-state index contributed by atoms with van der Waals surface area (Å²) in [5, 5.41) is 7.55. The fraction of sp³-hybridized carbons (Fsp3) is 0.421. The highest BCUT2D eigenvalue weighted by atomic mass is 127. The minimum absolute atomic E-state index is 0. The zero-order valence-electron chi connectivity index (χ0n) is 16.7. The molecule has 1 aromatic carbocycles. The molecule has 2 N–H and O–H groups in total. The summed E-state index contributed by atoms with van der Waals surface area (Å²) in [5.74, 6) is 1.32. The summed E-state index contributed by atoms with van der Waals surface area (Å²) in [5.41, 5.74) is 1.01. The number of ether oxygens (including phenoxy) is 1. The smallest absolute Gasteiger partial charge is 0.259 e. The number of hydrogen-bond donors (Lipinski definition) is 2. The normalized spacial score (nSPS) is 10.8. The van der Waals surface area contributed by atoms with Crippen molar-refractivity contribution in [3.8, 4) is 5.75 Å². The van der Waals surface area contributed by atoms with Gasteiger partial charge in [-0.25, -0.2) is 9.98 Å². The molecule has 0 saturated carbocycles. The van der Waals surface area contributed by atoms with Crippen molar-refractivity contribution in [3.63, 3.8) is 0 Å². The number of carbonyl (C=O) groups excluding carboxylic acids is 1. The summed E-state index contributed by atoms with van der Waals surface area (Å²) in [4.78, 5) is 23.3. The number of aliphatic imine (C=N–C) groups is 1. The van der Waals surface area contributed by atoms with Gasteiger partial charge in [-0.05, 0) is 31.5 Å². The fourth-order valence-electron chi connectivity index (χ4n) is 2.16. The number of rotatable bonds is 8. The number of carbonyl (C=O) groups is 1. The maximum absolute atomic E-state index is 11.6. The molecule has 0 bridgehead atoms. The van der Waals surface area contributed by atoms with Crippen molar-refractivity contribution in [3.05, 3.63) is 45.9 Å². The van der Waals surface area contributed by atoms with Crippen LogP contribution in [0.1, 0.15) is 22.4 Å². The van der Waals surface area contributed by atoms with Gasteiger partial charge in [0.15, 0.2) is 12.6 Å². The zero-order chi connectivity index (χ0) is 19.6. The maximum Gasteiger partial charge on any atom is 0.259 e. The van der Waals surface area contributed by atoms with Crippen LogP contribution in [0.2, 0.25) is 0 Å². The van der Waals surface area contributed by atoms with E-state index < -0.39 is 0 Å². The molecule has 2 aromatic rings. The Kier molecular flexibility index (Phi) is 10.8. The van der Waals surface area contributed by atoms with Gasteiger partial charge in [0.25, 0.3) is 5.91 Å². The topological polar surface area (TPSA) is 78.9 Å². The third-order valence-corrected chi connectivity index (χ3v) is 4.51. The third-order valence-electron chi connectivity index (χ3n) is 3.60. The molecule has 0 fully saturated rings. The van der Waals surface area contributed by atoms with Gasteiger partial charge in [0.1, 0.15) is 10.8 Å². The number of aromatic nitrogens is 1. The molecule has 154 valence electrons. The van der Waals surface area contributed by atoms with Crippen molar-refractivity contribution in [2.45, 2.75) is 26.9 Å². The molecule has 0 aliphatic carbocycles. The van der Waals surface area contributed by atoms with E-state index >= 15 is 0 Å². The summed E-state index contributed by atoms with van der Waals surface area (Å²) in [6.07, 6.45) is 1.87. The second-order valence-corrected chi connectivity index (χ2v) is 7.46. The molecule has 1 amide bonds. The van der Waals surface area contributed by atoms with Crippen LogP contribution in [0.25, 0.3) is 0 Å². The molecule has 9 heteroatoms. The molecule has 0 unspecified atom stereocenters. The Bertz CT molecular complexity index is 779. The van der Waals surface area contributed by atoms with Gasteiger partial charge in [-0.15, -0.1) is 35.3 Å². The minimum Gasteiger partial charge on any atom is -0.484 e. The Labute approximate surface area is 187 Å². The van der Waals surface area contributed by atoms with Crippen molar-refractivity contribution in [1.29, 1.82) is 0 Å². The summed E-state index contributed by atoms with van der Waals surface area (Å²) in [6.45, 7) is 6.02. The molecule has 28 heavy (non-hydrogen) atoms. The Morgan fingerprint density at radius 1 is 1.32 bits per heavy atom. The Balaban J connectivity index is 0.00000392. The highest BCUT2D eigenvalue weighted by Crippen LogP contribution is 2.14. The number of thiazole rings is 1. The predicted molar refractivity (Wildman–Crippen MR) is 125 cm³/mol. The number of halogens is 1. The van der Waals surface area contributed by atoms with E-state index in [9.17, 15) is 4.79 Å². The third kappa shape index (κ3) is 8.42. The van der Waals surface area contributed by atoms with Gasteiger partial charge in [0, 0.05) is 31.7 Å². The van der Waals surface area contributed by atoms with Gasteiger partial charge >= 0.3 is 0 Å². The second-order valence-electron chi connectivity index (χ2n) is 6.14. The van der Waals surface area contributed by atoms with E-state index in [1.165, 1.54) is 9.78 Å². The number of likely N-dealkylation sites (N-methyl/N-ethyl adjacent to an activating group) is 1. The summed E-state index contributed by atoms with van der Waals surface area (Å²) in [6, 6.07) is 7.63. The van der Waals surface area contributed by atoms with Gasteiger partial charge < -0.3 is 20.3 Å². The predicted octanol–water partition coefficient (Wildman–Crippen LogP) is 2.79. The van der Waals surface area contributed by atoms with Gasteiger partial charge in [0.2, 0.25) is 0 Å². The highest BCUT2D eigenvalue weighted by Gasteiger charge is 2.06. The lowest BCUT2D eigenvalue weighted by atomic mass is 10.2. The van der Waals surface area contributed by atoms with Crippen molar-refractivity contribution in [2.75, 3.05) is 27.2 Å². The Hall–Kier alpha value is -1.88. The number of nitrogens with zero attached hydrogens (tertiary/aromatic N) is 3. The lowest BCUT2D eigenvalue weighted by molar-refractivity contribution is -0.130. The van der Waals surface area contributed by atoms with Crippen LogP contribution in [0.3, 0.4) is 0 Å². The van der Waals surface area contributed by atoms with Gasteiger partial charge in [0.05, 0.1) is 13.1 Å². The van der Waals surface area contributed by atoms with E-state index in [4.69, 9.17) is 4.74 Å². The summed E-state index contributed by atoms with van der Waals surface area (Å²) < 4.78 is 5.55. The molecule has 0 spiro atoms. The second kappa shape index (κ2) is 12.6. The Morgan fingerprint density at radius 2 is 2.11 bits per heavy atom. The van der Waals surface area contributed by atoms with E-state index in [1.54, 1.807) is 25.4 Å². The first-order valence-corrected chi connectivity index (χ1v) is 9.65. The van der Waals surface area contributed by atoms with Gasteiger partial charge in [-0.1, -0.05) is 12.1 Å². The molecular formula is C19H28IN5O2S. The number of hydrogen-bond acceptors (Lipinski definition) is 5. The van der Waals surface area contributed by atoms with Gasteiger partial charge in [-0.2, -0.15) is 0 Å². The van der Waals surface area contributed by atoms with E-state index in [1.807, 2.05) is 44.3 Å². The molecule has 1 aromatic heterocycles. The number of aryl methyl sites for hydroxylation is 1. The molecule has 2 rings (SSSR count). The standard InChI is InChI=1S/C19H27N5O2S.HI/c1-5-20-19(23-12-17-21-10-14(2)27-17)22-11-15-7-6-8-16(9-15)26-13-18(25)24(3)4;/h6-10H,5,11-13H2,1-4H3,(H2,20,22,23);1H. The lowest BCUT2D eigenvalue weighted by Crippen LogP contribution is -2.36. The van der Waals surface area contributed by atoms with E-state index in [-0.39, 0.29) is 36.5 Å². The van der Waals surface area contributed by atoms with Crippen LogP contribution in [0.5, 0.6) is 5.75 Å². The number of guanidine groups is 1. The van der Waals surface area contributed by atoms with Crippen LogP contribution >= 0.6 is 35.3 Å². The first kappa shape index (κ1) is 24.2.